The number of nitrogens with zero attached hydrogens (tertiary/aromatic N) is 4. The van der Waals surface area contributed by atoms with Gasteiger partial charge in [0.1, 0.15) is 16.9 Å². The van der Waals surface area contributed by atoms with Crippen LogP contribution in [-0.4, -0.2) is 47.2 Å². The highest BCUT2D eigenvalue weighted by molar-refractivity contribution is 7.15. The molecule has 1 aliphatic carbocycles. The first-order valence-corrected chi connectivity index (χ1v) is 12.1. The molecule has 0 atom stereocenters. The number of piperazine rings is 1. The first-order chi connectivity index (χ1) is 15.7. The molecule has 1 saturated heterocycles. The fourth-order valence-corrected chi connectivity index (χ4v) is 5.53. The van der Waals surface area contributed by atoms with E-state index < -0.39 is 0 Å². The molecule has 1 saturated carbocycles. The van der Waals surface area contributed by atoms with E-state index in [2.05, 4.69) is 15.1 Å². The molecule has 3 aromatic rings. The van der Waals surface area contributed by atoms with Crippen molar-refractivity contribution in [2.45, 2.75) is 38.0 Å². The first kappa shape index (κ1) is 20.9. The second kappa shape index (κ2) is 9.24. The Hall–Kier alpha value is -3.00. The van der Waals surface area contributed by atoms with E-state index in [0.29, 0.717) is 35.5 Å². The van der Waals surface area contributed by atoms with Gasteiger partial charge in [-0.2, -0.15) is 0 Å². The summed E-state index contributed by atoms with van der Waals surface area (Å²) in [5.41, 5.74) is 0.783. The Bertz CT molecular complexity index is 1190. The molecule has 0 unspecified atom stereocenters. The standard InChI is InChI=1S/C24H26N4O3S/c29-21(11-10-18-16-31-20-9-5-4-8-19(20)22(18)30)27-12-14-28(15-13-27)24-26-25-23(32-24)17-6-2-1-3-7-17/h4-5,8-11,16-17H,1-3,6-7,12-15H2/b11-10+. The smallest absolute Gasteiger partial charge is 0.246 e. The van der Waals surface area contributed by atoms with E-state index in [1.807, 2.05) is 6.07 Å². The lowest BCUT2D eigenvalue weighted by molar-refractivity contribution is -0.126. The molecule has 1 amide bonds. The van der Waals surface area contributed by atoms with E-state index in [0.717, 1.165) is 23.2 Å². The van der Waals surface area contributed by atoms with Gasteiger partial charge in [0.15, 0.2) is 5.43 Å². The molecule has 1 aromatic carbocycles. The highest BCUT2D eigenvalue weighted by Crippen LogP contribution is 2.36. The SMILES string of the molecule is O=C(/C=C/c1coc2ccccc2c1=O)N1CCN(c2nnc(C3CCCCC3)s2)CC1. The third-order valence-electron chi connectivity index (χ3n) is 6.36. The molecule has 166 valence electrons. The lowest BCUT2D eigenvalue weighted by Gasteiger charge is -2.33. The van der Waals surface area contributed by atoms with Crippen LogP contribution in [-0.2, 0) is 4.79 Å². The zero-order valence-corrected chi connectivity index (χ0v) is 18.7. The number of anilines is 1. The van der Waals surface area contributed by atoms with E-state index in [4.69, 9.17) is 4.42 Å². The van der Waals surface area contributed by atoms with Crippen molar-refractivity contribution < 1.29 is 9.21 Å². The number of hydrogen-bond acceptors (Lipinski definition) is 7. The lowest BCUT2D eigenvalue weighted by Crippen LogP contribution is -2.48. The van der Waals surface area contributed by atoms with Crippen molar-refractivity contribution in [2.75, 3.05) is 31.1 Å². The first-order valence-electron chi connectivity index (χ1n) is 11.2. The van der Waals surface area contributed by atoms with Crippen LogP contribution in [0.5, 0.6) is 0 Å². The van der Waals surface area contributed by atoms with Crippen LogP contribution in [0.2, 0.25) is 0 Å². The number of carbonyl (C=O) groups excluding carboxylic acids is 1. The fourth-order valence-electron chi connectivity index (χ4n) is 4.46. The van der Waals surface area contributed by atoms with Crippen molar-refractivity contribution in [3.8, 4) is 0 Å². The summed E-state index contributed by atoms with van der Waals surface area (Å²) in [7, 11) is 0. The van der Waals surface area contributed by atoms with Gasteiger partial charge in [-0.05, 0) is 31.1 Å². The Morgan fingerprint density at radius 2 is 1.84 bits per heavy atom. The minimum atomic E-state index is -0.134. The van der Waals surface area contributed by atoms with Gasteiger partial charge in [0, 0.05) is 38.2 Å². The minimum absolute atomic E-state index is 0.0997. The molecule has 0 radical (unpaired) electrons. The maximum Gasteiger partial charge on any atom is 0.246 e. The normalized spacial score (nSPS) is 18.0. The van der Waals surface area contributed by atoms with Crippen molar-refractivity contribution in [3.05, 3.63) is 57.4 Å². The molecule has 2 aliphatic rings. The maximum absolute atomic E-state index is 12.7. The summed E-state index contributed by atoms with van der Waals surface area (Å²) < 4.78 is 5.52. The number of hydrogen-bond donors (Lipinski definition) is 0. The number of rotatable bonds is 4. The van der Waals surface area contributed by atoms with Crippen LogP contribution >= 0.6 is 11.3 Å². The Morgan fingerprint density at radius 1 is 1.06 bits per heavy atom. The molecule has 2 aromatic heterocycles. The number of carbonyl (C=O) groups is 1. The second-order valence-corrected chi connectivity index (χ2v) is 9.41. The number of benzene rings is 1. The van der Waals surface area contributed by atoms with Gasteiger partial charge < -0.3 is 14.2 Å². The topological polar surface area (TPSA) is 79.5 Å². The quantitative estimate of drug-likeness (QED) is 0.558. The Balaban J connectivity index is 1.19. The third kappa shape index (κ3) is 4.32. The van der Waals surface area contributed by atoms with Crippen LogP contribution in [0.4, 0.5) is 5.13 Å². The van der Waals surface area contributed by atoms with Crippen molar-refractivity contribution in [2.24, 2.45) is 0 Å². The molecule has 32 heavy (non-hydrogen) atoms. The van der Waals surface area contributed by atoms with Crippen LogP contribution in [0.3, 0.4) is 0 Å². The Labute approximate surface area is 190 Å². The van der Waals surface area contributed by atoms with Gasteiger partial charge in [0.05, 0.1) is 10.9 Å². The average Bonchev–Trinajstić information content (AvgIpc) is 3.35. The Kier molecular flexibility index (Phi) is 6.03. The summed E-state index contributed by atoms with van der Waals surface area (Å²) in [4.78, 5) is 29.3. The molecular formula is C24H26N4O3S. The molecule has 8 heteroatoms. The van der Waals surface area contributed by atoms with Crippen molar-refractivity contribution in [1.29, 1.82) is 0 Å². The maximum atomic E-state index is 12.7. The van der Waals surface area contributed by atoms with Gasteiger partial charge in [-0.1, -0.05) is 42.7 Å². The minimum Gasteiger partial charge on any atom is -0.463 e. The molecule has 0 bridgehead atoms. The van der Waals surface area contributed by atoms with Crippen molar-refractivity contribution >= 4 is 39.4 Å². The highest BCUT2D eigenvalue weighted by Gasteiger charge is 2.25. The van der Waals surface area contributed by atoms with Crippen LogP contribution in [0.15, 0.2) is 45.8 Å². The largest absolute Gasteiger partial charge is 0.463 e. The predicted octanol–water partition coefficient (Wildman–Crippen LogP) is 4.05. The fraction of sp³-hybridized carbons (Fsp3) is 0.417. The van der Waals surface area contributed by atoms with Crippen LogP contribution < -0.4 is 10.3 Å². The van der Waals surface area contributed by atoms with Gasteiger partial charge in [-0.25, -0.2) is 0 Å². The van der Waals surface area contributed by atoms with Gasteiger partial charge in [0.2, 0.25) is 11.0 Å². The molecule has 5 rings (SSSR count). The number of para-hydroxylation sites is 1. The lowest BCUT2D eigenvalue weighted by atomic mass is 9.90. The monoisotopic (exact) mass is 450 g/mol. The van der Waals surface area contributed by atoms with Crippen LogP contribution in [0, 0.1) is 0 Å². The molecule has 0 spiro atoms. The van der Waals surface area contributed by atoms with Gasteiger partial charge >= 0.3 is 0 Å². The molecule has 1 aliphatic heterocycles. The highest BCUT2D eigenvalue weighted by atomic mass is 32.1. The predicted molar refractivity (Wildman–Crippen MR) is 126 cm³/mol. The summed E-state index contributed by atoms with van der Waals surface area (Å²) in [6.07, 6.45) is 10.8. The number of aromatic nitrogens is 2. The summed E-state index contributed by atoms with van der Waals surface area (Å²) in [6, 6.07) is 7.10. The van der Waals surface area contributed by atoms with Gasteiger partial charge in [-0.15, -0.1) is 10.2 Å². The molecule has 3 heterocycles. The summed E-state index contributed by atoms with van der Waals surface area (Å²) in [5.74, 6) is 0.466. The summed E-state index contributed by atoms with van der Waals surface area (Å²) >= 11 is 1.71. The van der Waals surface area contributed by atoms with Crippen molar-refractivity contribution in [1.82, 2.24) is 15.1 Å². The molecule has 0 N–H and O–H groups in total. The summed E-state index contributed by atoms with van der Waals surface area (Å²) in [6.45, 7) is 2.70. The van der Waals surface area contributed by atoms with Crippen LogP contribution in [0.25, 0.3) is 17.0 Å². The Morgan fingerprint density at radius 3 is 2.66 bits per heavy atom. The van der Waals surface area contributed by atoms with E-state index in [1.54, 1.807) is 40.5 Å². The second-order valence-electron chi connectivity index (χ2n) is 8.42. The van der Waals surface area contributed by atoms with Crippen molar-refractivity contribution in [3.63, 3.8) is 0 Å². The summed E-state index contributed by atoms with van der Waals surface area (Å²) in [5, 5.41) is 11.5. The van der Waals surface area contributed by atoms with E-state index in [1.165, 1.54) is 44.4 Å². The zero-order chi connectivity index (χ0) is 21.9. The molecule has 7 nitrogen and oxygen atoms in total. The van der Waals surface area contributed by atoms with E-state index in [-0.39, 0.29) is 11.3 Å². The third-order valence-corrected chi connectivity index (χ3v) is 7.50. The van der Waals surface area contributed by atoms with E-state index in [9.17, 15) is 9.59 Å². The average molecular weight is 451 g/mol. The number of fused-ring (bicyclic) bond motifs is 1. The van der Waals surface area contributed by atoms with Crippen LogP contribution in [0.1, 0.15) is 48.6 Å². The molecular weight excluding hydrogens is 424 g/mol. The van der Waals surface area contributed by atoms with Gasteiger partial charge in [0.25, 0.3) is 0 Å². The van der Waals surface area contributed by atoms with Gasteiger partial charge in [-0.3, -0.25) is 9.59 Å². The zero-order valence-electron chi connectivity index (χ0n) is 17.9. The molecule has 2 fully saturated rings. The van der Waals surface area contributed by atoms with E-state index >= 15 is 0 Å². The number of amides is 1.